The van der Waals surface area contributed by atoms with Crippen LogP contribution < -0.4 is 10.2 Å². The van der Waals surface area contributed by atoms with E-state index in [4.69, 9.17) is 0 Å². The maximum atomic E-state index is 12.6. The van der Waals surface area contributed by atoms with Crippen molar-refractivity contribution in [3.63, 3.8) is 0 Å². The zero-order valence-corrected chi connectivity index (χ0v) is 15.7. The van der Waals surface area contributed by atoms with Crippen molar-refractivity contribution < 1.29 is 9.59 Å². The number of likely N-dealkylation sites (tertiary alicyclic amines) is 1. The van der Waals surface area contributed by atoms with E-state index in [1.807, 2.05) is 34.9 Å². The van der Waals surface area contributed by atoms with Crippen molar-refractivity contribution in [1.29, 1.82) is 0 Å². The molecule has 0 unspecified atom stereocenters. The van der Waals surface area contributed by atoms with E-state index < -0.39 is 0 Å². The molecule has 1 spiro atoms. The molecule has 0 bridgehead atoms. The number of nitrogens with one attached hydrogen (secondary N) is 1. The van der Waals surface area contributed by atoms with E-state index in [1.54, 1.807) is 0 Å². The Kier molecular flexibility index (Phi) is 4.63. The highest BCUT2D eigenvalue weighted by molar-refractivity contribution is 5.96. The van der Waals surface area contributed by atoms with Gasteiger partial charge in [0.1, 0.15) is 0 Å². The van der Waals surface area contributed by atoms with Crippen molar-refractivity contribution >= 4 is 17.6 Å². The van der Waals surface area contributed by atoms with Gasteiger partial charge in [-0.1, -0.05) is 31.4 Å². The summed E-state index contributed by atoms with van der Waals surface area (Å²) in [7, 11) is 0. The van der Waals surface area contributed by atoms with Gasteiger partial charge in [0, 0.05) is 43.2 Å². The van der Waals surface area contributed by atoms with E-state index in [-0.39, 0.29) is 17.4 Å². The normalized spacial score (nSPS) is 26.7. The molecule has 0 radical (unpaired) electrons. The van der Waals surface area contributed by atoms with Crippen molar-refractivity contribution in [2.75, 3.05) is 24.5 Å². The van der Waals surface area contributed by atoms with Crippen LogP contribution in [0.4, 0.5) is 10.5 Å². The molecule has 1 aliphatic carbocycles. The average Bonchev–Trinajstić information content (AvgIpc) is 3.19. The topological polar surface area (TPSA) is 52.6 Å². The minimum Gasteiger partial charge on any atom is -0.335 e. The first-order valence-corrected chi connectivity index (χ1v) is 9.97. The lowest BCUT2D eigenvalue weighted by molar-refractivity contribution is -0.117. The Labute approximate surface area is 155 Å². The molecule has 5 nitrogen and oxygen atoms in total. The maximum absolute atomic E-state index is 12.6. The third-order valence-electron chi connectivity index (χ3n) is 6.29. The fourth-order valence-electron chi connectivity index (χ4n) is 4.82. The second kappa shape index (κ2) is 6.93. The largest absolute Gasteiger partial charge is 0.335 e. The zero-order chi connectivity index (χ0) is 18.1. The molecule has 5 heteroatoms. The number of rotatable bonds is 2. The van der Waals surface area contributed by atoms with E-state index in [0.29, 0.717) is 19.0 Å². The van der Waals surface area contributed by atoms with Gasteiger partial charge in [0.15, 0.2) is 0 Å². The van der Waals surface area contributed by atoms with Gasteiger partial charge in [-0.25, -0.2) is 4.79 Å². The highest BCUT2D eigenvalue weighted by Gasteiger charge is 2.48. The van der Waals surface area contributed by atoms with Crippen LogP contribution in [0.2, 0.25) is 0 Å². The minimum atomic E-state index is -0.0786. The van der Waals surface area contributed by atoms with Crippen LogP contribution in [0.15, 0.2) is 24.3 Å². The fraction of sp³-hybridized carbons (Fsp3) is 0.619. The first-order valence-electron chi connectivity index (χ1n) is 9.97. The number of amides is 3. The predicted molar refractivity (Wildman–Crippen MR) is 102 cm³/mol. The van der Waals surface area contributed by atoms with Gasteiger partial charge in [0.2, 0.25) is 5.91 Å². The Bertz CT molecular complexity index is 698. The Morgan fingerprint density at radius 2 is 2.00 bits per heavy atom. The van der Waals surface area contributed by atoms with Crippen LogP contribution in [0.25, 0.3) is 0 Å². The fourth-order valence-corrected chi connectivity index (χ4v) is 4.82. The highest BCUT2D eigenvalue weighted by Crippen LogP contribution is 2.42. The van der Waals surface area contributed by atoms with E-state index in [2.05, 4.69) is 11.4 Å². The minimum absolute atomic E-state index is 0.0650. The number of carbonyl (C=O) groups is 2. The van der Waals surface area contributed by atoms with Crippen LogP contribution in [0.3, 0.4) is 0 Å². The molecule has 4 rings (SSSR count). The maximum Gasteiger partial charge on any atom is 0.317 e. The Morgan fingerprint density at radius 3 is 2.77 bits per heavy atom. The van der Waals surface area contributed by atoms with E-state index >= 15 is 0 Å². The molecule has 140 valence electrons. The Balaban J connectivity index is 1.39. The smallest absolute Gasteiger partial charge is 0.317 e. The van der Waals surface area contributed by atoms with Crippen LogP contribution in [-0.2, 0) is 4.79 Å². The van der Waals surface area contributed by atoms with Crippen LogP contribution in [-0.4, -0.2) is 42.5 Å². The number of anilines is 1. The van der Waals surface area contributed by atoms with Crippen molar-refractivity contribution in [1.82, 2.24) is 10.2 Å². The molecule has 1 N–H and O–H groups in total. The third kappa shape index (κ3) is 3.44. The number of urea groups is 1. The lowest BCUT2D eigenvalue weighted by atomic mass is 9.86. The van der Waals surface area contributed by atoms with Crippen molar-refractivity contribution in [2.24, 2.45) is 5.41 Å². The van der Waals surface area contributed by atoms with Gasteiger partial charge >= 0.3 is 6.03 Å². The van der Waals surface area contributed by atoms with Gasteiger partial charge in [-0.15, -0.1) is 0 Å². The molecule has 1 saturated carbocycles. The lowest BCUT2D eigenvalue weighted by Crippen LogP contribution is -2.45. The van der Waals surface area contributed by atoms with Gasteiger partial charge < -0.3 is 15.1 Å². The van der Waals surface area contributed by atoms with Crippen LogP contribution in [0.1, 0.15) is 50.5 Å². The monoisotopic (exact) mass is 355 g/mol. The molecule has 3 fully saturated rings. The molecule has 1 atom stereocenters. The molecule has 3 aliphatic rings. The molecule has 3 amide bonds. The molecule has 2 heterocycles. The number of carbonyl (C=O) groups excluding carboxylic acids is 2. The van der Waals surface area contributed by atoms with Gasteiger partial charge in [-0.2, -0.15) is 0 Å². The quantitative estimate of drug-likeness (QED) is 0.883. The molecule has 2 aliphatic heterocycles. The second-order valence-electron chi connectivity index (χ2n) is 8.45. The van der Waals surface area contributed by atoms with Crippen LogP contribution in [0, 0.1) is 12.3 Å². The summed E-state index contributed by atoms with van der Waals surface area (Å²) in [4.78, 5) is 29.1. The molecule has 26 heavy (non-hydrogen) atoms. The predicted octanol–water partition coefficient (Wildman–Crippen LogP) is 3.47. The molecule has 0 aromatic heterocycles. The van der Waals surface area contributed by atoms with Crippen molar-refractivity contribution in [2.45, 2.75) is 57.9 Å². The third-order valence-corrected chi connectivity index (χ3v) is 6.29. The average molecular weight is 355 g/mol. The molecule has 1 aromatic rings. The first-order chi connectivity index (χ1) is 12.5. The number of hydrogen-bond donors (Lipinski definition) is 1. The number of benzene rings is 1. The molecular formula is C21H29N3O2. The molecule has 1 aromatic carbocycles. The summed E-state index contributed by atoms with van der Waals surface area (Å²) in [6.45, 7) is 4.22. The van der Waals surface area contributed by atoms with Gasteiger partial charge in [0.25, 0.3) is 0 Å². The van der Waals surface area contributed by atoms with Crippen molar-refractivity contribution in [3.8, 4) is 0 Å². The number of nitrogens with zero attached hydrogens (tertiary/aromatic N) is 2. The summed E-state index contributed by atoms with van der Waals surface area (Å²) >= 11 is 0. The summed E-state index contributed by atoms with van der Waals surface area (Å²) in [6.07, 6.45) is 7.39. The summed E-state index contributed by atoms with van der Waals surface area (Å²) in [6, 6.07) is 8.53. The zero-order valence-electron chi connectivity index (χ0n) is 15.7. The summed E-state index contributed by atoms with van der Waals surface area (Å²) < 4.78 is 0. The number of aryl methyl sites for hydroxylation is 1. The molecular weight excluding hydrogens is 326 g/mol. The van der Waals surface area contributed by atoms with Crippen LogP contribution >= 0.6 is 0 Å². The Hall–Kier alpha value is -2.04. The highest BCUT2D eigenvalue weighted by atomic mass is 16.2. The van der Waals surface area contributed by atoms with E-state index in [1.165, 1.54) is 19.3 Å². The number of hydrogen-bond acceptors (Lipinski definition) is 2. The first kappa shape index (κ1) is 17.4. The summed E-state index contributed by atoms with van der Waals surface area (Å²) in [5.74, 6) is 0.185. The standard InChI is InChI=1S/C21H29N3O2/c1-16-6-5-9-18(12-16)24-15-21(13-19(24)25)10-11-23(14-21)20(26)22-17-7-3-2-4-8-17/h5-6,9,12,17H,2-4,7-8,10-11,13-15H2,1H3,(H,22,26)/t21-/m0/s1. The van der Waals surface area contributed by atoms with E-state index in [9.17, 15) is 9.59 Å². The summed E-state index contributed by atoms with van der Waals surface area (Å²) in [5.41, 5.74) is 2.07. The van der Waals surface area contributed by atoms with Crippen molar-refractivity contribution in [3.05, 3.63) is 29.8 Å². The lowest BCUT2D eigenvalue weighted by Gasteiger charge is -2.27. The van der Waals surface area contributed by atoms with Gasteiger partial charge in [0.05, 0.1) is 0 Å². The summed E-state index contributed by atoms with van der Waals surface area (Å²) in [5, 5.41) is 3.22. The second-order valence-corrected chi connectivity index (χ2v) is 8.45. The Morgan fingerprint density at radius 1 is 1.19 bits per heavy atom. The van der Waals surface area contributed by atoms with Gasteiger partial charge in [-0.3, -0.25) is 4.79 Å². The van der Waals surface area contributed by atoms with Gasteiger partial charge in [-0.05, 0) is 43.9 Å². The van der Waals surface area contributed by atoms with Crippen LogP contribution in [0.5, 0.6) is 0 Å². The SMILES string of the molecule is Cc1cccc(N2C[C@@]3(CCN(C(=O)NC4CCCCC4)C3)CC2=O)c1. The molecule has 2 saturated heterocycles. The van der Waals surface area contributed by atoms with E-state index in [0.717, 1.165) is 43.6 Å².